The quantitative estimate of drug-likeness (QED) is 0.640. The first-order valence-electron chi connectivity index (χ1n) is 3.82. The van der Waals surface area contributed by atoms with Crippen LogP contribution in [0.1, 0.15) is 10.5 Å². The second-order valence-corrected chi connectivity index (χ2v) is 2.53. The van der Waals surface area contributed by atoms with Gasteiger partial charge in [-0.1, -0.05) is 6.08 Å². The maximum Gasteiger partial charge on any atom is 0.328 e. The van der Waals surface area contributed by atoms with E-state index in [0.29, 0.717) is 6.54 Å². The van der Waals surface area contributed by atoms with Gasteiger partial charge in [0.05, 0.1) is 6.54 Å². The number of primary amides is 1. The zero-order valence-electron chi connectivity index (χ0n) is 7.25. The molecule has 3 N–H and O–H groups in total. The Hall–Kier alpha value is -2.11. The van der Waals surface area contributed by atoms with Crippen molar-refractivity contribution in [2.75, 3.05) is 0 Å². The van der Waals surface area contributed by atoms with E-state index in [1.54, 1.807) is 6.20 Å². The van der Waals surface area contributed by atoms with Crippen LogP contribution in [0.15, 0.2) is 24.4 Å². The Labute approximate surface area is 79.6 Å². The van der Waals surface area contributed by atoms with Crippen molar-refractivity contribution in [2.45, 2.75) is 6.54 Å². The Morgan fingerprint density at radius 2 is 2.36 bits per heavy atom. The molecule has 0 fully saturated rings. The van der Waals surface area contributed by atoms with Crippen molar-refractivity contribution < 1.29 is 14.7 Å². The molecular weight excluding hydrogens is 186 g/mol. The largest absolute Gasteiger partial charge is 0.478 e. The van der Waals surface area contributed by atoms with Gasteiger partial charge < -0.3 is 10.8 Å². The third-order valence-electron chi connectivity index (χ3n) is 1.45. The van der Waals surface area contributed by atoms with Crippen molar-refractivity contribution in [3.63, 3.8) is 0 Å². The van der Waals surface area contributed by atoms with Crippen LogP contribution in [0.3, 0.4) is 0 Å². The van der Waals surface area contributed by atoms with E-state index in [-0.39, 0.29) is 5.69 Å². The molecule has 0 aliphatic rings. The van der Waals surface area contributed by atoms with E-state index in [2.05, 4.69) is 5.10 Å². The molecule has 0 spiro atoms. The Balaban J connectivity index is 2.60. The number of carboxylic acids is 1. The lowest BCUT2D eigenvalue weighted by atomic mass is 10.4. The number of rotatable bonds is 4. The number of allylic oxidation sites excluding steroid dienone is 1. The number of nitrogens with two attached hydrogens (primary N) is 1. The molecule has 1 rings (SSSR count). The van der Waals surface area contributed by atoms with Crippen molar-refractivity contribution in [1.82, 2.24) is 9.78 Å². The Bertz CT molecular complexity index is 381. The van der Waals surface area contributed by atoms with E-state index >= 15 is 0 Å². The highest BCUT2D eigenvalue weighted by molar-refractivity contribution is 5.90. The molecule has 0 radical (unpaired) electrons. The average molecular weight is 195 g/mol. The van der Waals surface area contributed by atoms with E-state index in [1.165, 1.54) is 16.8 Å². The van der Waals surface area contributed by atoms with Crippen LogP contribution in [0, 0.1) is 0 Å². The monoisotopic (exact) mass is 195 g/mol. The Morgan fingerprint density at radius 3 is 2.86 bits per heavy atom. The molecule has 0 aromatic carbocycles. The van der Waals surface area contributed by atoms with Gasteiger partial charge in [-0.15, -0.1) is 0 Å². The first kappa shape index (κ1) is 9.97. The molecule has 0 saturated carbocycles. The molecule has 0 atom stereocenters. The molecule has 0 aliphatic heterocycles. The maximum absolute atomic E-state index is 10.6. The van der Waals surface area contributed by atoms with E-state index in [1.807, 2.05) is 0 Å². The molecule has 1 amide bonds. The summed E-state index contributed by atoms with van der Waals surface area (Å²) in [5.41, 5.74) is 5.14. The lowest BCUT2D eigenvalue weighted by Gasteiger charge is -1.92. The van der Waals surface area contributed by atoms with Crippen molar-refractivity contribution >= 4 is 11.9 Å². The third-order valence-corrected chi connectivity index (χ3v) is 1.45. The van der Waals surface area contributed by atoms with Gasteiger partial charge in [-0.3, -0.25) is 9.48 Å². The van der Waals surface area contributed by atoms with Gasteiger partial charge in [-0.05, 0) is 6.07 Å². The molecule has 0 saturated heterocycles. The van der Waals surface area contributed by atoms with Crippen LogP contribution >= 0.6 is 0 Å². The Kier molecular flexibility index (Phi) is 3.01. The summed E-state index contributed by atoms with van der Waals surface area (Å²) in [7, 11) is 0. The SMILES string of the molecule is NC(=O)c1ccn(CC=CC(=O)O)n1. The summed E-state index contributed by atoms with van der Waals surface area (Å²) in [6.07, 6.45) is 3.97. The first-order valence-corrected chi connectivity index (χ1v) is 3.82. The number of carbonyl (C=O) groups excluding carboxylic acids is 1. The second kappa shape index (κ2) is 4.22. The van der Waals surface area contributed by atoms with Gasteiger partial charge in [0.25, 0.3) is 5.91 Å². The molecule has 1 aromatic heterocycles. The van der Waals surface area contributed by atoms with Crippen LogP contribution in [0.25, 0.3) is 0 Å². The van der Waals surface area contributed by atoms with Crippen LogP contribution in [-0.4, -0.2) is 26.8 Å². The number of nitrogens with zero attached hydrogens (tertiary/aromatic N) is 2. The topological polar surface area (TPSA) is 98.2 Å². The van der Waals surface area contributed by atoms with Crippen LogP contribution in [-0.2, 0) is 11.3 Å². The van der Waals surface area contributed by atoms with Gasteiger partial charge >= 0.3 is 5.97 Å². The highest BCUT2D eigenvalue weighted by atomic mass is 16.4. The standard InChI is InChI=1S/C8H9N3O3/c9-8(14)6-3-5-11(10-6)4-1-2-7(12)13/h1-3,5H,4H2,(H2,9,14)(H,12,13). The molecule has 0 bridgehead atoms. The fourth-order valence-electron chi connectivity index (χ4n) is 0.856. The summed E-state index contributed by atoms with van der Waals surface area (Å²) < 4.78 is 1.42. The van der Waals surface area contributed by atoms with Crippen molar-refractivity contribution in [2.24, 2.45) is 5.73 Å². The number of hydrogen-bond donors (Lipinski definition) is 2. The molecule has 1 aromatic rings. The van der Waals surface area contributed by atoms with Gasteiger partial charge in [-0.2, -0.15) is 5.10 Å². The molecule has 14 heavy (non-hydrogen) atoms. The van der Waals surface area contributed by atoms with Gasteiger partial charge in [0.1, 0.15) is 5.69 Å². The van der Waals surface area contributed by atoms with Crippen molar-refractivity contribution in [1.29, 1.82) is 0 Å². The summed E-state index contributed by atoms with van der Waals surface area (Å²) in [4.78, 5) is 20.7. The van der Waals surface area contributed by atoms with Gasteiger partial charge in [0.2, 0.25) is 0 Å². The fourth-order valence-corrected chi connectivity index (χ4v) is 0.856. The van der Waals surface area contributed by atoms with E-state index < -0.39 is 11.9 Å². The molecular formula is C8H9N3O3. The maximum atomic E-state index is 10.6. The lowest BCUT2D eigenvalue weighted by molar-refractivity contribution is -0.131. The average Bonchev–Trinajstić information content (AvgIpc) is 2.52. The van der Waals surface area contributed by atoms with Crippen molar-refractivity contribution in [3.05, 3.63) is 30.1 Å². The number of hydrogen-bond acceptors (Lipinski definition) is 3. The summed E-state index contributed by atoms with van der Waals surface area (Å²) in [6.45, 7) is 0.291. The van der Waals surface area contributed by atoms with Crippen molar-refractivity contribution in [3.8, 4) is 0 Å². The van der Waals surface area contributed by atoms with E-state index in [9.17, 15) is 9.59 Å². The molecule has 6 nitrogen and oxygen atoms in total. The third kappa shape index (κ3) is 2.74. The van der Waals surface area contributed by atoms with Crippen LogP contribution in [0.2, 0.25) is 0 Å². The minimum atomic E-state index is -1.02. The predicted octanol–water partition coefficient (Wildman–Crippen LogP) is -0.377. The highest BCUT2D eigenvalue weighted by Crippen LogP contribution is 1.94. The smallest absolute Gasteiger partial charge is 0.328 e. The van der Waals surface area contributed by atoms with Crippen LogP contribution < -0.4 is 5.73 Å². The summed E-state index contributed by atoms with van der Waals surface area (Å²) >= 11 is 0. The minimum Gasteiger partial charge on any atom is -0.478 e. The van der Waals surface area contributed by atoms with Crippen LogP contribution in [0.4, 0.5) is 0 Å². The molecule has 0 unspecified atom stereocenters. The molecule has 1 heterocycles. The molecule has 74 valence electrons. The highest BCUT2D eigenvalue weighted by Gasteiger charge is 2.02. The van der Waals surface area contributed by atoms with E-state index in [4.69, 9.17) is 10.8 Å². The Morgan fingerprint density at radius 1 is 1.64 bits per heavy atom. The number of amides is 1. The van der Waals surface area contributed by atoms with Gasteiger partial charge in [0.15, 0.2) is 0 Å². The van der Waals surface area contributed by atoms with Gasteiger partial charge in [0, 0.05) is 12.3 Å². The zero-order valence-corrected chi connectivity index (χ0v) is 7.25. The number of carbonyl (C=O) groups is 2. The predicted molar refractivity (Wildman–Crippen MR) is 47.5 cm³/mol. The van der Waals surface area contributed by atoms with Gasteiger partial charge in [-0.25, -0.2) is 4.79 Å². The lowest BCUT2D eigenvalue weighted by Crippen LogP contribution is -2.12. The summed E-state index contributed by atoms with van der Waals surface area (Å²) in [6, 6.07) is 1.47. The molecule has 0 aliphatic carbocycles. The zero-order chi connectivity index (χ0) is 10.6. The summed E-state index contributed by atoms with van der Waals surface area (Å²) in [5, 5.41) is 12.1. The number of carboxylic acid groups (broad SMARTS) is 1. The van der Waals surface area contributed by atoms with E-state index in [0.717, 1.165) is 6.08 Å². The molecule has 6 heteroatoms. The van der Waals surface area contributed by atoms with Crippen LogP contribution in [0.5, 0.6) is 0 Å². The number of aromatic nitrogens is 2. The minimum absolute atomic E-state index is 0.161. The fraction of sp³-hybridized carbons (Fsp3) is 0.125. The summed E-state index contributed by atoms with van der Waals surface area (Å²) in [5.74, 6) is -1.63. The first-order chi connectivity index (χ1) is 6.59. The number of aliphatic carboxylic acids is 1. The normalized spacial score (nSPS) is 10.6. The second-order valence-electron chi connectivity index (χ2n) is 2.53.